The lowest BCUT2D eigenvalue weighted by Crippen LogP contribution is -2.33. The molecule has 0 aliphatic heterocycles. The van der Waals surface area contributed by atoms with Crippen molar-refractivity contribution in [2.75, 3.05) is 24.4 Å². The highest BCUT2D eigenvalue weighted by molar-refractivity contribution is 7.98. The Morgan fingerprint density at radius 2 is 2.33 bits per heavy atom. The van der Waals surface area contributed by atoms with Crippen LogP contribution in [0.25, 0.3) is 0 Å². The van der Waals surface area contributed by atoms with Crippen molar-refractivity contribution in [3.63, 3.8) is 0 Å². The maximum atomic E-state index is 13.1. The summed E-state index contributed by atoms with van der Waals surface area (Å²) in [5, 5.41) is 5.61. The zero-order chi connectivity index (χ0) is 13.5. The second-order valence-electron chi connectivity index (χ2n) is 3.96. The summed E-state index contributed by atoms with van der Waals surface area (Å²) in [6.45, 7) is 1.93. The van der Waals surface area contributed by atoms with E-state index in [1.807, 2.05) is 13.2 Å². The topological polar surface area (TPSA) is 54.0 Å². The molecule has 18 heavy (non-hydrogen) atoms. The molecule has 6 heteroatoms. The van der Waals surface area contributed by atoms with Gasteiger partial charge < -0.3 is 10.6 Å². The highest BCUT2D eigenvalue weighted by Gasteiger charge is 2.15. The fourth-order valence-electron chi connectivity index (χ4n) is 1.48. The first kappa shape index (κ1) is 14.8. The molecule has 0 saturated carbocycles. The van der Waals surface area contributed by atoms with Crippen molar-refractivity contribution in [3.8, 4) is 0 Å². The molecule has 0 aliphatic carbocycles. The van der Waals surface area contributed by atoms with E-state index in [1.165, 1.54) is 6.07 Å². The number of hydrogen-bond donors (Lipinski definition) is 2. The zero-order valence-corrected chi connectivity index (χ0v) is 11.6. The van der Waals surface area contributed by atoms with Gasteiger partial charge in [0.25, 0.3) is 5.91 Å². The average molecular weight is 271 g/mol. The Morgan fingerprint density at radius 3 is 2.94 bits per heavy atom. The Labute approximate surface area is 111 Å². The highest BCUT2D eigenvalue weighted by Crippen LogP contribution is 2.13. The SMILES string of the molecule is CNc1ncc(F)cc1C(=O)NC(C)CCSC. The standard InChI is InChI=1S/C12H18FN3OS/c1-8(4-5-18-3)16-12(17)10-6-9(13)7-15-11(10)14-2/h6-8H,4-5H2,1-3H3,(H,14,15)(H,16,17). The summed E-state index contributed by atoms with van der Waals surface area (Å²) in [6, 6.07) is 1.24. The minimum Gasteiger partial charge on any atom is -0.372 e. The molecule has 1 aromatic rings. The molecule has 1 aromatic heterocycles. The van der Waals surface area contributed by atoms with E-state index < -0.39 is 5.82 Å². The normalized spacial score (nSPS) is 12.0. The van der Waals surface area contributed by atoms with Gasteiger partial charge in [0.15, 0.2) is 0 Å². The Balaban J connectivity index is 2.74. The van der Waals surface area contributed by atoms with Crippen molar-refractivity contribution in [3.05, 3.63) is 23.6 Å². The average Bonchev–Trinajstić information content (AvgIpc) is 2.36. The van der Waals surface area contributed by atoms with E-state index in [-0.39, 0.29) is 17.5 Å². The fraction of sp³-hybridized carbons (Fsp3) is 0.500. The molecule has 0 radical (unpaired) electrons. The van der Waals surface area contributed by atoms with Gasteiger partial charge in [-0.1, -0.05) is 0 Å². The number of nitrogens with one attached hydrogen (secondary N) is 2. The minimum absolute atomic E-state index is 0.0536. The van der Waals surface area contributed by atoms with Gasteiger partial charge in [0, 0.05) is 13.1 Å². The van der Waals surface area contributed by atoms with E-state index in [9.17, 15) is 9.18 Å². The van der Waals surface area contributed by atoms with Crippen LogP contribution in [0.5, 0.6) is 0 Å². The predicted octanol–water partition coefficient (Wildman–Crippen LogP) is 2.13. The molecule has 1 unspecified atom stereocenters. The minimum atomic E-state index is -0.518. The number of carbonyl (C=O) groups excluding carboxylic acids is 1. The van der Waals surface area contributed by atoms with Gasteiger partial charge in [-0.25, -0.2) is 9.37 Å². The van der Waals surface area contributed by atoms with E-state index in [4.69, 9.17) is 0 Å². The van der Waals surface area contributed by atoms with Crippen LogP contribution in [0.3, 0.4) is 0 Å². The second kappa shape index (κ2) is 7.20. The molecular weight excluding hydrogens is 253 g/mol. The number of rotatable bonds is 6. The van der Waals surface area contributed by atoms with E-state index in [2.05, 4.69) is 15.6 Å². The van der Waals surface area contributed by atoms with Crippen LogP contribution in [0.2, 0.25) is 0 Å². The molecule has 0 bridgehead atoms. The molecule has 1 rings (SSSR count). The number of pyridine rings is 1. The molecule has 0 aromatic carbocycles. The van der Waals surface area contributed by atoms with Crippen molar-refractivity contribution >= 4 is 23.5 Å². The predicted molar refractivity (Wildman–Crippen MR) is 73.7 cm³/mol. The lowest BCUT2D eigenvalue weighted by molar-refractivity contribution is 0.0939. The number of amides is 1. The van der Waals surface area contributed by atoms with Crippen LogP contribution in [0.15, 0.2) is 12.3 Å². The number of nitrogens with zero attached hydrogens (tertiary/aromatic N) is 1. The van der Waals surface area contributed by atoms with Gasteiger partial charge in [-0.2, -0.15) is 11.8 Å². The monoisotopic (exact) mass is 271 g/mol. The quantitative estimate of drug-likeness (QED) is 0.832. The van der Waals surface area contributed by atoms with Gasteiger partial charge >= 0.3 is 0 Å². The summed E-state index contributed by atoms with van der Waals surface area (Å²) in [7, 11) is 1.65. The van der Waals surface area contributed by atoms with Gasteiger partial charge in [0.05, 0.1) is 11.8 Å². The Bertz CT molecular complexity index is 414. The Hall–Kier alpha value is -1.30. The van der Waals surface area contributed by atoms with Gasteiger partial charge in [0.1, 0.15) is 11.6 Å². The maximum absolute atomic E-state index is 13.1. The van der Waals surface area contributed by atoms with Crippen LogP contribution in [-0.4, -0.2) is 36.0 Å². The highest BCUT2D eigenvalue weighted by atomic mass is 32.2. The lowest BCUT2D eigenvalue weighted by atomic mass is 10.2. The summed E-state index contributed by atoms with van der Waals surface area (Å²) in [4.78, 5) is 15.8. The molecule has 1 heterocycles. The van der Waals surface area contributed by atoms with Gasteiger partial charge in [-0.05, 0) is 31.4 Å². The molecule has 4 nitrogen and oxygen atoms in total. The molecular formula is C12H18FN3OS. The zero-order valence-electron chi connectivity index (χ0n) is 10.8. The van der Waals surface area contributed by atoms with E-state index in [1.54, 1.807) is 18.8 Å². The van der Waals surface area contributed by atoms with E-state index in [0.717, 1.165) is 18.4 Å². The van der Waals surface area contributed by atoms with Crippen molar-refractivity contribution in [2.45, 2.75) is 19.4 Å². The summed E-state index contributed by atoms with van der Waals surface area (Å²) in [5.74, 6) is 0.531. The Kier molecular flexibility index (Phi) is 5.91. The summed E-state index contributed by atoms with van der Waals surface area (Å²) >= 11 is 1.73. The Morgan fingerprint density at radius 1 is 1.61 bits per heavy atom. The largest absolute Gasteiger partial charge is 0.372 e. The van der Waals surface area contributed by atoms with Crippen LogP contribution >= 0.6 is 11.8 Å². The first-order chi connectivity index (χ1) is 8.58. The number of carbonyl (C=O) groups is 1. The third-order valence-corrected chi connectivity index (χ3v) is 3.11. The molecule has 1 amide bonds. The summed E-state index contributed by atoms with van der Waals surface area (Å²) < 4.78 is 13.1. The molecule has 0 spiro atoms. The molecule has 0 fully saturated rings. The lowest BCUT2D eigenvalue weighted by Gasteiger charge is -2.14. The first-order valence-electron chi connectivity index (χ1n) is 5.71. The third-order valence-electron chi connectivity index (χ3n) is 2.47. The van der Waals surface area contributed by atoms with Crippen molar-refractivity contribution in [1.82, 2.24) is 10.3 Å². The van der Waals surface area contributed by atoms with Crippen molar-refractivity contribution < 1.29 is 9.18 Å². The van der Waals surface area contributed by atoms with Gasteiger partial charge in [-0.3, -0.25) is 4.79 Å². The van der Waals surface area contributed by atoms with E-state index >= 15 is 0 Å². The summed E-state index contributed by atoms with van der Waals surface area (Å²) in [6.07, 6.45) is 3.98. The molecule has 1 atom stereocenters. The van der Waals surface area contributed by atoms with Crippen molar-refractivity contribution in [2.24, 2.45) is 0 Å². The van der Waals surface area contributed by atoms with Crippen LogP contribution in [0, 0.1) is 5.82 Å². The first-order valence-corrected chi connectivity index (χ1v) is 7.11. The number of thioether (sulfide) groups is 1. The van der Waals surface area contributed by atoms with Crippen molar-refractivity contribution in [1.29, 1.82) is 0 Å². The fourth-order valence-corrected chi connectivity index (χ4v) is 2.07. The van der Waals surface area contributed by atoms with Gasteiger partial charge in [-0.15, -0.1) is 0 Å². The molecule has 0 aliphatic rings. The second-order valence-corrected chi connectivity index (χ2v) is 4.94. The molecule has 0 saturated heterocycles. The number of halogens is 1. The number of hydrogen-bond acceptors (Lipinski definition) is 4. The van der Waals surface area contributed by atoms with E-state index in [0.29, 0.717) is 5.82 Å². The number of aromatic nitrogens is 1. The van der Waals surface area contributed by atoms with Crippen LogP contribution in [0.4, 0.5) is 10.2 Å². The van der Waals surface area contributed by atoms with Gasteiger partial charge in [0.2, 0.25) is 0 Å². The number of anilines is 1. The molecule has 2 N–H and O–H groups in total. The summed E-state index contributed by atoms with van der Waals surface area (Å²) in [5.41, 5.74) is 0.230. The van der Waals surface area contributed by atoms with Crippen LogP contribution in [0.1, 0.15) is 23.7 Å². The smallest absolute Gasteiger partial charge is 0.255 e. The third kappa shape index (κ3) is 4.18. The van der Waals surface area contributed by atoms with Crippen LogP contribution < -0.4 is 10.6 Å². The van der Waals surface area contributed by atoms with Crippen LogP contribution in [-0.2, 0) is 0 Å². The molecule has 100 valence electrons. The maximum Gasteiger partial charge on any atom is 0.255 e.